The SMILES string of the molecule is CC.COCc1ccccc1.Nc1cnc2ccccc2c1N. The van der Waals surface area contributed by atoms with Crippen molar-refractivity contribution in [3.8, 4) is 0 Å². The van der Waals surface area contributed by atoms with Crippen LogP contribution in [0.15, 0.2) is 60.8 Å². The molecule has 4 N–H and O–H groups in total. The van der Waals surface area contributed by atoms with Crippen molar-refractivity contribution in [3.05, 3.63) is 66.4 Å². The molecule has 0 amide bonds. The Kier molecular flexibility index (Phi) is 8.18. The van der Waals surface area contributed by atoms with E-state index in [0.717, 1.165) is 10.9 Å². The summed E-state index contributed by atoms with van der Waals surface area (Å²) >= 11 is 0. The molecular weight excluding hydrogens is 286 g/mol. The maximum absolute atomic E-state index is 5.75. The number of ether oxygens (including phenoxy) is 1. The largest absolute Gasteiger partial charge is 0.396 e. The number of nitrogens with two attached hydrogens (primary N) is 2. The van der Waals surface area contributed by atoms with E-state index in [1.807, 2.05) is 68.4 Å². The number of nitrogens with zero attached hydrogens (tertiary/aromatic N) is 1. The van der Waals surface area contributed by atoms with Crippen molar-refractivity contribution >= 4 is 22.3 Å². The van der Waals surface area contributed by atoms with Gasteiger partial charge >= 0.3 is 0 Å². The molecule has 4 nitrogen and oxygen atoms in total. The van der Waals surface area contributed by atoms with E-state index in [4.69, 9.17) is 16.2 Å². The first-order valence-corrected chi connectivity index (χ1v) is 7.64. The van der Waals surface area contributed by atoms with E-state index in [9.17, 15) is 0 Å². The Morgan fingerprint density at radius 2 is 1.52 bits per heavy atom. The number of benzene rings is 2. The Balaban J connectivity index is 0.000000215. The molecular formula is C19H25N3O. The Bertz CT molecular complexity index is 699. The number of aromatic nitrogens is 1. The molecule has 0 saturated heterocycles. The molecule has 0 spiro atoms. The summed E-state index contributed by atoms with van der Waals surface area (Å²) < 4.78 is 4.93. The summed E-state index contributed by atoms with van der Waals surface area (Å²) in [5.74, 6) is 0. The van der Waals surface area contributed by atoms with Gasteiger partial charge in [-0.1, -0.05) is 62.4 Å². The van der Waals surface area contributed by atoms with Gasteiger partial charge < -0.3 is 16.2 Å². The third kappa shape index (κ3) is 5.60. The van der Waals surface area contributed by atoms with E-state index in [2.05, 4.69) is 4.98 Å². The first kappa shape index (κ1) is 18.5. The van der Waals surface area contributed by atoms with Crippen molar-refractivity contribution in [3.63, 3.8) is 0 Å². The second kappa shape index (κ2) is 10.2. The van der Waals surface area contributed by atoms with Crippen LogP contribution < -0.4 is 11.5 Å². The quantitative estimate of drug-likeness (QED) is 0.741. The van der Waals surface area contributed by atoms with Gasteiger partial charge in [0.05, 0.1) is 29.7 Å². The first-order chi connectivity index (χ1) is 11.2. The molecule has 0 aliphatic heterocycles. The molecule has 0 radical (unpaired) electrons. The number of para-hydroxylation sites is 1. The number of hydrogen-bond donors (Lipinski definition) is 2. The number of hydrogen-bond acceptors (Lipinski definition) is 4. The molecule has 23 heavy (non-hydrogen) atoms. The fourth-order valence-electron chi connectivity index (χ4n) is 1.92. The maximum Gasteiger partial charge on any atom is 0.0740 e. The van der Waals surface area contributed by atoms with Crippen LogP contribution in [0.1, 0.15) is 19.4 Å². The molecule has 3 rings (SSSR count). The summed E-state index contributed by atoms with van der Waals surface area (Å²) in [6.45, 7) is 4.71. The van der Waals surface area contributed by atoms with Crippen LogP contribution in [-0.2, 0) is 11.3 Å². The van der Waals surface area contributed by atoms with Gasteiger partial charge in [-0.2, -0.15) is 0 Å². The summed E-state index contributed by atoms with van der Waals surface area (Å²) in [6, 6.07) is 17.8. The lowest BCUT2D eigenvalue weighted by atomic mass is 10.2. The number of anilines is 2. The number of fused-ring (bicyclic) bond motifs is 1. The van der Waals surface area contributed by atoms with Crippen molar-refractivity contribution in [1.82, 2.24) is 4.98 Å². The molecule has 1 aromatic heterocycles. The normalized spacial score (nSPS) is 9.35. The zero-order valence-electron chi connectivity index (χ0n) is 14.0. The predicted octanol–water partition coefficient (Wildman–Crippen LogP) is 4.26. The zero-order valence-corrected chi connectivity index (χ0v) is 14.0. The molecule has 0 atom stereocenters. The Labute approximate surface area is 138 Å². The minimum Gasteiger partial charge on any atom is -0.396 e. The monoisotopic (exact) mass is 311 g/mol. The third-order valence-corrected chi connectivity index (χ3v) is 3.00. The van der Waals surface area contributed by atoms with Crippen molar-refractivity contribution in [2.24, 2.45) is 0 Å². The molecule has 2 aromatic carbocycles. The van der Waals surface area contributed by atoms with Crippen LogP contribution in [0.4, 0.5) is 11.4 Å². The van der Waals surface area contributed by atoms with E-state index in [0.29, 0.717) is 18.0 Å². The number of nitrogen functional groups attached to an aromatic ring is 2. The van der Waals surface area contributed by atoms with Gasteiger partial charge in [-0.3, -0.25) is 4.98 Å². The minimum atomic E-state index is 0.536. The van der Waals surface area contributed by atoms with Crippen LogP contribution in [-0.4, -0.2) is 12.1 Å². The van der Waals surface area contributed by atoms with Gasteiger partial charge in [-0.25, -0.2) is 0 Å². The van der Waals surface area contributed by atoms with Crippen LogP contribution in [0.25, 0.3) is 10.9 Å². The molecule has 0 saturated carbocycles. The molecule has 0 fully saturated rings. The van der Waals surface area contributed by atoms with Gasteiger partial charge in [0.1, 0.15) is 0 Å². The van der Waals surface area contributed by atoms with Crippen molar-refractivity contribution < 1.29 is 4.74 Å². The van der Waals surface area contributed by atoms with Gasteiger partial charge in [-0.15, -0.1) is 0 Å². The fraction of sp³-hybridized carbons (Fsp3) is 0.211. The van der Waals surface area contributed by atoms with Crippen LogP contribution in [0, 0.1) is 0 Å². The lowest BCUT2D eigenvalue weighted by molar-refractivity contribution is 0.185. The summed E-state index contributed by atoms with van der Waals surface area (Å²) in [5.41, 5.74) is 14.6. The van der Waals surface area contributed by atoms with Crippen molar-refractivity contribution in [1.29, 1.82) is 0 Å². The fourth-order valence-corrected chi connectivity index (χ4v) is 1.92. The number of rotatable bonds is 2. The first-order valence-electron chi connectivity index (χ1n) is 7.64. The summed E-state index contributed by atoms with van der Waals surface area (Å²) in [6.07, 6.45) is 1.58. The highest BCUT2D eigenvalue weighted by Gasteiger charge is 2.00. The average Bonchev–Trinajstić information content (AvgIpc) is 2.62. The van der Waals surface area contributed by atoms with Crippen LogP contribution in [0.5, 0.6) is 0 Å². The van der Waals surface area contributed by atoms with Gasteiger partial charge in [0.15, 0.2) is 0 Å². The lowest BCUT2D eigenvalue weighted by Gasteiger charge is -2.02. The third-order valence-electron chi connectivity index (χ3n) is 3.00. The Morgan fingerprint density at radius 1 is 0.913 bits per heavy atom. The standard InChI is InChI=1S/C9H9N3.C8H10O.C2H6/c10-7-5-12-8-4-2-1-3-6(8)9(7)11;1-9-7-8-5-3-2-4-6-8;1-2/h1-5H,10H2,(H2,11,12);2-6H,7H2,1H3;1-2H3. The van der Waals surface area contributed by atoms with Crippen LogP contribution >= 0.6 is 0 Å². The molecule has 0 unspecified atom stereocenters. The second-order valence-corrected chi connectivity index (χ2v) is 4.56. The zero-order chi connectivity index (χ0) is 17.1. The minimum absolute atomic E-state index is 0.536. The summed E-state index contributed by atoms with van der Waals surface area (Å²) in [4.78, 5) is 4.14. The molecule has 122 valence electrons. The molecule has 0 bridgehead atoms. The van der Waals surface area contributed by atoms with E-state index < -0.39 is 0 Å². The van der Waals surface area contributed by atoms with Gasteiger partial charge in [0, 0.05) is 12.5 Å². The van der Waals surface area contributed by atoms with Gasteiger partial charge in [0.2, 0.25) is 0 Å². The van der Waals surface area contributed by atoms with Gasteiger partial charge in [-0.05, 0) is 11.6 Å². The van der Waals surface area contributed by atoms with Crippen LogP contribution in [0.3, 0.4) is 0 Å². The van der Waals surface area contributed by atoms with Crippen molar-refractivity contribution in [2.75, 3.05) is 18.6 Å². The highest BCUT2D eigenvalue weighted by atomic mass is 16.5. The highest BCUT2D eigenvalue weighted by molar-refractivity contribution is 5.95. The van der Waals surface area contributed by atoms with E-state index in [1.165, 1.54) is 5.56 Å². The van der Waals surface area contributed by atoms with Crippen LogP contribution in [0.2, 0.25) is 0 Å². The molecule has 0 aliphatic rings. The summed E-state index contributed by atoms with van der Waals surface area (Å²) in [7, 11) is 1.70. The molecule has 1 heterocycles. The predicted molar refractivity (Wildman–Crippen MR) is 99.1 cm³/mol. The molecule has 4 heteroatoms. The van der Waals surface area contributed by atoms with E-state index in [1.54, 1.807) is 13.3 Å². The molecule has 0 aliphatic carbocycles. The highest BCUT2D eigenvalue weighted by Crippen LogP contribution is 2.23. The number of methoxy groups -OCH3 is 1. The summed E-state index contributed by atoms with van der Waals surface area (Å²) in [5, 5.41) is 0.914. The average molecular weight is 311 g/mol. The Hall–Kier alpha value is -2.59. The topological polar surface area (TPSA) is 74.2 Å². The Morgan fingerprint density at radius 3 is 2.17 bits per heavy atom. The van der Waals surface area contributed by atoms with Gasteiger partial charge in [0.25, 0.3) is 0 Å². The lowest BCUT2D eigenvalue weighted by Crippen LogP contribution is -1.96. The van der Waals surface area contributed by atoms with Crippen molar-refractivity contribution in [2.45, 2.75) is 20.5 Å². The smallest absolute Gasteiger partial charge is 0.0740 e. The van der Waals surface area contributed by atoms with E-state index in [-0.39, 0.29) is 0 Å². The number of pyridine rings is 1. The second-order valence-electron chi connectivity index (χ2n) is 4.56. The maximum atomic E-state index is 5.75. The van der Waals surface area contributed by atoms with E-state index >= 15 is 0 Å². The molecule has 3 aromatic rings.